The molecule has 3 amide bonds. The molecule has 2 rings (SSSR count). The maximum atomic E-state index is 12.4. The Morgan fingerprint density at radius 2 is 2.05 bits per heavy atom. The van der Waals surface area contributed by atoms with Gasteiger partial charge in [0.05, 0.1) is 0 Å². The molecular weight excluding hydrogens is 304 g/mol. The van der Waals surface area contributed by atoms with E-state index in [-0.39, 0.29) is 0 Å². The van der Waals surface area contributed by atoms with Crippen LogP contribution < -0.4 is 10.6 Å². The van der Waals surface area contributed by atoms with Gasteiger partial charge in [-0.15, -0.1) is 5.10 Å². The fourth-order valence-electron chi connectivity index (χ4n) is 1.71. The lowest BCUT2D eigenvalue weighted by molar-refractivity contribution is -0.119. The predicted molar refractivity (Wildman–Crippen MR) is 81.1 cm³/mol. The molecule has 0 saturated heterocycles. The van der Waals surface area contributed by atoms with Crippen LogP contribution in [0.2, 0.25) is 0 Å². The van der Waals surface area contributed by atoms with Gasteiger partial charge in [0.15, 0.2) is 0 Å². The number of urea groups is 1. The number of nitrogens with zero attached hydrogens (tertiary/aromatic N) is 4. The molecule has 116 valence electrons. The number of hydrogen-bond acceptors (Lipinski definition) is 6. The average Bonchev–Trinajstić information content (AvgIpc) is 2.91. The molecule has 9 heteroatoms. The van der Waals surface area contributed by atoms with E-state index >= 15 is 0 Å². The molecule has 0 unspecified atom stereocenters. The van der Waals surface area contributed by atoms with Crippen molar-refractivity contribution in [3.05, 3.63) is 35.9 Å². The van der Waals surface area contributed by atoms with E-state index in [0.717, 1.165) is 5.56 Å². The molecule has 1 atom stereocenters. The summed E-state index contributed by atoms with van der Waals surface area (Å²) in [7, 11) is 1.69. The summed E-state index contributed by atoms with van der Waals surface area (Å²) in [4.78, 5) is 24.0. The van der Waals surface area contributed by atoms with Gasteiger partial charge in [0.1, 0.15) is 5.25 Å². The maximum absolute atomic E-state index is 12.4. The zero-order valence-corrected chi connectivity index (χ0v) is 13.0. The first kappa shape index (κ1) is 16.0. The van der Waals surface area contributed by atoms with Crippen molar-refractivity contribution in [3.8, 4) is 0 Å². The summed E-state index contributed by atoms with van der Waals surface area (Å²) in [6.07, 6.45) is 0. The molecule has 0 saturated carbocycles. The molecule has 0 bridgehead atoms. The zero-order valence-electron chi connectivity index (χ0n) is 12.2. The van der Waals surface area contributed by atoms with E-state index in [2.05, 4.69) is 26.2 Å². The van der Waals surface area contributed by atoms with Crippen LogP contribution in [0.4, 0.5) is 4.79 Å². The van der Waals surface area contributed by atoms with Crippen molar-refractivity contribution in [3.63, 3.8) is 0 Å². The van der Waals surface area contributed by atoms with E-state index in [1.807, 2.05) is 30.3 Å². The lowest BCUT2D eigenvalue weighted by atomic mass is 10.1. The van der Waals surface area contributed by atoms with Gasteiger partial charge in [-0.25, -0.2) is 9.48 Å². The smallest absolute Gasteiger partial charge is 0.321 e. The lowest BCUT2D eigenvalue weighted by Gasteiger charge is -2.15. The van der Waals surface area contributed by atoms with E-state index in [1.54, 1.807) is 14.0 Å². The van der Waals surface area contributed by atoms with Crippen molar-refractivity contribution in [1.82, 2.24) is 30.8 Å². The van der Waals surface area contributed by atoms with Gasteiger partial charge in [-0.2, -0.15) is 0 Å². The van der Waals surface area contributed by atoms with Gasteiger partial charge in [0.25, 0.3) is 0 Å². The van der Waals surface area contributed by atoms with E-state index in [1.165, 1.54) is 16.4 Å². The minimum absolute atomic E-state index is 0.426. The molecule has 1 heterocycles. The Labute approximate surface area is 131 Å². The highest BCUT2D eigenvalue weighted by atomic mass is 32.2. The molecule has 22 heavy (non-hydrogen) atoms. The molecule has 0 aliphatic heterocycles. The van der Waals surface area contributed by atoms with Crippen LogP contribution in [0.15, 0.2) is 35.5 Å². The normalized spacial score (nSPS) is 11.7. The van der Waals surface area contributed by atoms with E-state index in [9.17, 15) is 9.59 Å². The van der Waals surface area contributed by atoms with Gasteiger partial charge in [-0.05, 0) is 22.9 Å². The number of hydrogen-bond donors (Lipinski definition) is 2. The highest BCUT2D eigenvalue weighted by Crippen LogP contribution is 2.33. The molecule has 0 aliphatic rings. The fourth-order valence-corrected chi connectivity index (χ4v) is 2.65. The predicted octanol–water partition coefficient (Wildman–Crippen LogP) is 0.889. The monoisotopic (exact) mass is 320 g/mol. The molecule has 8 nitrogen and oxygen atoms in total. The fraction of sp³-hybridized carbons (Fsp3) is 0.308. The van der Waals surface area contributed by atoms with Crippen LogP contribution in [0.1, 0.15) is 17.7 Å². The van der Waals surface area contributed by atoms with Crippen LogP contribution in [0.3, 0.4) is 0 Å². The Morgan fingerprint density at radius 3 is 2.64 bits per heavy atom. The second kappa shape index (κ2) is 7.55. The van der Waals surface area contributed by atoms with Crippen molar-refractivity contribution < 1.29 is 9.59 Å². The number of tetrazole rings is 1. The molecule has 0 radical (unpaired) electrons. The number of thioether (sulfide) groups is 1. The Hall–Kier alpha value is -2.42. The van der Waals surface area contributed by atoms with Crippen LogP contribution in [0.25, 0.3) is 0 Å². The summed E-state index contributed by atoms with van der Waals surface area (Å²) >= 11 is 1.18. The molecule has 2 N–H and O–H groups in total. The van der Waals surface area contributed by atoms with Crippen molar-refractivity contribution in [2.45, 2.75) is 17.3 Å². The number of benzene rings is 1. The Bertz CT molecular complexity index is 645. The number of rotatable bonds is 5. The van der Waals surface area contributed by atoms with Gasteiger partial charge in [-0.1, -0.05) is 42.1 Å². The van der Waals surface area contributed by atoms with Gasteiger partial charge in [-0.3, -0.25) is 10.1 Å². The first-order chi connectivity index (χ1) is 10.6. The molecular formula is C13H16N6O2S. The number of aromatic nitrogens is 4. The van der Waals surface area contributed by atoms with Gasteiger partial charge in [0, 0.05) is 13.6 Å². The van der Waals surface area contributed by atoms with Crippen molar-refractivity contribution in [2.24, 2.45) is 7.05 Å². The summed E-state index contributed by atoms with van der Waals surface area (Å²) < 4.78 is 1.47. The largest absolute Gasteiger partial charge is 0.338 e. The van der Waals surface area contributed by atoms with Crippen LogP contribution in [-0.4, -0.2) is 38.7 Å². The highest BCUT2D eigenvalue weighted by molar-refractivity contribution is 8.00. The third-order valence-electron chi connectivity index (χ3n) is 2.72. The summed E-state index contributed by atoms with van der Waals surface area (Å²) in [6.45, 7) is 2.22. The third-order valence-corrected chi connectivity index (χ3v) is 4.00. The first-order valence-electron chi connectivity index (χ1n) is 6.64. The third kappa shape index (κ3) is 4.04. The molecule has 0 spiro atoms. The van der Waals surface area contributed by atoms with E-state index < -0.39 is 17.2 Å². The Morgan fingerprint density at radius 1 is 1.32 bits per heavy atom. The highest BCUT2D eigenvalue weighted by Gasteiger charge is 2.25. The number of carbonyl (C=O) groups excluding carboxylic acids is 2. The topological polar surface area (TPSA) is 102 Å². The van der Waals surface area contributed by atoms with Crippen LogP contribution in [0, 0.1) is 0 Å². The number of amides is 3. The number of imide groups is 1. The minimum atomic E-state index is -0.631. The summed E-state index contributed by atoms with van der Waals surface area (Å²) in [5.74, 6) is -0.426. The zero-order chi connectivity index (χ0) is 15.9. The van der Waals surface area contributed by atoms with Gasteiger partial charge in [0.2, 0.25) is 11.1 Å². The molecule has 1 aromatic heterocycles. The quantitative estimate of drug-likeness (QED) is 0.793. The van der Waals surface area contributed by atoms with Crippen molar-refractivity contribution >= 4 is 23.7 Å². The average molecular weight is 320 g/mol. The summed E-state index contributed by atoms with van der Waals surface area (Å²) in [5, 5.41) is 15.9. The first-order valence-corrected chi connectivity index (χ1v) is 7.52. The molecule has 1 aromatic carbocycles. The van der Waals surface area contributed by atoms with Gasteiger partial charge < -0.3 is 5.32 Å². The second-order valence-electron chi connectivity index (χ2n) is 4.34. The standard InChI is InChI=1S/C13H16N6O2S/c1-3-14-12(21)15-11(20)10(9-7-5-4-6-8-9)22-13-16-17-18-19(13)2/h4-8,10H,3H2,1-2H3,(H2,14,15,20,21)/t10-/m1/s1. The summed E-state index contributed by atoms with van der Waals surface area (Å²) in [6, 6.07) is 8.63. The Balaban J connectivity index is 2.20. The second-order valence-corrected chi connectivity index (χ2v) is 5.41. The SMILES string of the molecule is CCNC(=O)NC(=O)[C@H](Sc1nnnn1C)c1ccccc1. The number of aryl methyl sites for hydroxylation is 1. The minimum Gasteiger partial charge on any atom is -0.338 e. The van der Waals surface area contributed by atoms with Crippen molar-refractivity contribution in [2.75, 3.05) is 6.54 Å². The lowest BCUT2D eigenvalue weighted by Crippen LogP contribution is -2.41. The van der Waals surface area contributed by atoms with Gasteiger partial charge >= 0.3 is 6.03 Å². The Kier molecular flexibility index (Phi) is 5.48. The van der Waals surface area contributed by atoms with Crippen molar-refractivity contribution in [1.29, 1.82) is 0 Å². The van der Waals surface area contributed by atoms with Crippen LogP contribution >= 0.6 is 11.8 Å². The van der Waals surface area contributed by atoms with E-state index in [4.69, 9.17) is 0 Å². The van der Waals surface area contributed by atoms with E-state index in [0.29, 0.717) is 11.7 Å². The number of nitrogens with one attached hydrogen (secondary N) is 2. The van der Waals surface area contributed by atoms with Crippen LogP contribution in [-0.2, 0) is 11.8 Å². The molecule has 2 aromatic rings. The summed E-state index contributed by atoms with van der Waals surface area (Å²) in [5.41, 5.74) is 0.761. The van der Waals surface area contributed by atoms with Crippen LogP contribution in [0.5, 0.6) is 0 Å². The molecule has 0 fully saturated rings. The maximum Gasteiger partial charge on any atom is 0.321 e. The number of carbonyl (C=O) groups is 2. The molecule has 0 aliphatic carbocycles.